The van der Waals surface area contributed by atoms with Gasteiger partial charge in [-0.1, -0.05) is 82.1 Å². The van der Waals surface area contributed by atoms with Gasteiger partial charge in [-0.3, -0.25) is 24.0 Å². The van der Waals surface area contributed by atoms with Crippen molar-refractivity contribution in [3.63, 3.8) is 0 Å². The molecule has 2 fully saturated rings. The Kier molecular flexibility index (Phi) is 11.0. The fraction of sp³-hybridized carbons (Fsp3) is 0.513. The fourth-order valence-electron chi connectivity index (χ4n) is 7.05. The molecule has 3 N–H and O–H groups in total. The van der Waals surface area contributed by atoms with Crippen LogP contribution in [0.25, 0.3) is 11.0 Å². The second-order valence-corrected chi connectivity index (χ2v) is 16.2. The number of imidazole rings is 1. The van der Waals surface area contributed by atoms with Crippen LogP contribution in [0.1, 0.15) is 78.7 Å². The Morgan fingerprint density at radius 2 is 1.81 bits per heavy atom. The van der Waals surface area contributed by atoms with Gasteiger partial charge in [0, 0.05) is 36.0 Å². The summed E-state index contributed by atoms with van der Waals surface area (Å²) in [5, 5.41) is 13.4. The SMILES string of the molecule is CCC[C@H](NC(=O)[C@@H]1C[C@]2(CC(c3cccc(Cl)c3)=NO2)CN1C(=O)[C@@H](NC(=O)C(C)Cn1cnc2ccccc21)C(C)(C)C)C(=O)C(=O)NC1CC1. The van der Waals surface area contributed by atoms with Crippen molar-refractivity contribution in [2.45, 2.75) is 109 Å². The van der Waals surface area contributed by atoms with Crippen molar-refractivity contribution in [3.8, 4) is 0 Å². The number of rotatable bonds is 13. The Bertz CT molecular complexity index is 1930. The predicted octanol–water partition coefficient (Wildman–Crippen LogP) is 4.15. The highest BCUT2D eigenvalue weighted by molar-refractivity contribution is 6.38. The lowest BCUT2D eigenvalue weighted by Crippen LogP contribution is -2.59. The van der Waals surface area contributed by atoms with Gasteiger partial charge in [0.15, 0.2) is 5.60 Å². The first-order valence-electron chi connectivity index (χ1n) is 18.3. The Balaban J connectivity index is 1.24. The van der Waals surface area contributed by atoms with E-state index in [-0.39, 0.29) is 31.3 Å². The molecule has 53 heavy (non-hydrogen) atoms. The van der Waals surface area contributed by atoms with Crippen LogP contribution in [0, 0.1) is 11.3 Å². The number of aromatic nitrogens is 2. The average Bonchev–Trinajstić information content (AvgIpc) is 3.51. The molecule has 6 rings (SSSR count). The van der Waals surface area contributed by atoms with Crippen LogP contribution < -0.4 is 16.0 Å². The van der Waals surface area contributed by atoms with E-state index in [0.717, 1.165) is 29.4 Å². The monoisotopic (exact) mass is 745 g/mol. The van der Waals surface area contributed by atoms with Crippen LogP contribution in [0.2, 0.25) is 5.02 Å². The summed E-state index contributed by atoms with van der Waals surface area (Å²) in [7, 11) is 0. The highest BCUT2D eigenvalue weighted by atomic mass is 35.5. The molecule has 3 aliphatic rings. The van der Waals surface area contributed by atoms with Crippen molar-refractivity contribution in [1.29, 1.82) is 0 Å². The van der Waals surface area contributed by atoms with Gasteiger partial charge in [-0.25, -0.2) is 4.98 Å². The molecule has 2 aromatic carbocycles. The van der Waals surface area contributed by atoms with Crippen LogP contribution in [-0.4, -0.2) is 85.9 Å². The van der Waals surface area contributed by atoms with Gasteiger partial charge in [0.05, 0.1) is 41.6 Å². The number of amides is 4. The lowest BCUT2D eigenvalue weighted by atomic mass is 9.85. The third-order valence-corrected chi connectivity index (χ3v) is 10.4. The van der Waals surface area contributed by atoms with Crippen molar-refractivity contribution < 1.29 is 28.8 Å². The number of nitrogens with one attached hydrogen (secondary N) is 3. The molecule has 4 amide bonds. The highest BCUT2D eigenvalue weighted by Crippen LogP contribution is 2.40. The first-order chi connectivity index (χ1) is 25.2. The number of nitrogens with zero attached hydrogens (tertiary/aromatic N) is 4. The maximum Gasteiger partial charge on any atom is 0.289 e. The molecule has 1 unspecified atom stereocenters. The van der Waals surface area contributed by atoms with Crippen molar-refractivity contribution in [2.75, 3.05) is 6.54 Å². The number of ketones is 1. The topological polar surface area (TPSA) is 164 Å². The van der Waals surface area contributed by atoms with Crippen molar-refractivity contribution in [2.24, 2.45) is 16.5 Å². The largest absolute Gasteiger partial charge is 0.387 e. The van der Waals surface area contributed by atoms with Crippen molar-refractivity contribution in [3.05, 3.63) is 65.4 Å². The zero-order valence-corrected chi connectivity index (χ0v) is 31.6. The van der Waals surface area contributed by atoms with Crippen LogP contribution in [0.15, 0.2) is 60.0 Å². The van der Waals surface area contributed by atoms with Gasteiger partial charge in [0.2, 0.25) is 23.5 Å². The summed E-state index contributed by atoms with van der Waals surface area (Å²) in [6.45, 7) is 9.56. The second-order valence-electron chi connectivity index (χ2n) is 15.7. The molecular formula is C39H48ClN7O6. The van der Waals surface area contributed by atoms with Crippen molar-refractivity contribution >= 4 is 57.8 Å². The number of para-hydroxylation sites is 2. The maximum absolute atomic E-state index is 14.7. The molecule has 1 aromatic heterocycles. The Morgan fingerprint density at radius 1 is 1.06 bits per heavy atom. The fourth-order valence-corrected chi connectivity index (χ4v) is 7.24. The number of hydrogen-bond donors (Lipinski definition) is 3. The lowest BCUT2D eigenvalue weighted by Gasteiger charge is -2.36. The van der Waals surface area contributed by atoms with E-state index in [0.29, 0.717) is 30.1 Å². The van der Waals surface area contributed by atoms with Gasteiger partial charge in [0.25, 0.3) is 5.91 Å². The van der Waals surface area contributed by atoms with Crippen LogP contribution in [0.3, 0.4) is 0 Å². The normalized spacial score (nSPS) is 21.4. The average molecular weight is 746 g/mol. The number of likely N-dealkylation sites (tertiary alicyclic amines) is 1. The Hall–Kier alpha value is -4.78. The van der Waals surface area contributed by atoms with Crippen LogP contribution in [0.5, 0.6) is 0 Å². The molecule has 2 aliphatic heterocycles. The third kappa shape index (κ3) is 8.56. The number of Topliss-reactive ketones (excluding diaryl/α,β-unsaturated/α-hetero) is 1. The van der Waals surface area contributed by atoms with Crippen LogP contribution in [0.4, 0.5) is 0 Å². The number of oxime groups is 1. The molecule has 0 radical (unpaired) electrons. The minimum absolute atomic E-state index is 0.00503. The molecule has 1 aliphatic carbocycles. The van der Waals surface area contributed by atoms with E-state index in [1.807, 2.05) is 68.7 Å². The zero-order chi connectivity index (χ0) is 38.1. The number of fused-ring (bicyclic) bond motifs is 1. The predicted molar refractivity (Wildman–Crippen MR) is 200 cm³/mol. The maximum atomic E-state index is 14.7. The molecule has 1 spiro atoms. The minimum atomic E-state index is -1.08. The third-order valence-electron chi connectivity index (χ3n) is 10.2. The smallest absolute Gasteiger partial charge is 0.289 e. The van der Waals surface area contributed by atoms with E-state index in [1.165, 1.54) is 4.90 Å². The molecule has 5 atom stereocenters. The summed E-state index contributed by atoms with van der Waals surface area (Å²) in [5.74, 6) is -3.35. The van der Waals surface area contributed by atoms with Gasteiger partial charge >= 0.3 is 0 Å². The van der Waals surface area contributed by atoms with E-state index in [4.69, 9.17) is 16.4 Å². The lowest BCUT2D eigenvalue weighted by molar-refractivity contribution is -0.145. The summed E-state index contributed by atoms with van der Waals surface area (Å²) in [6, 6.07) is 11.7. The zero-order valence-electron chi connectivity index (χ0n) is 30.9. The standard InChI is InChI=1S/C39H48ClN7O6/c1-6-10-28(32(48)36(51)42-26-15-16-26)43-35(50)31-19-39(18-29(45-53-39)24-11-9-12-25(40)17-24)21-47(31)37(52)33(38(3,4)5)44-34(49)23(2)20-46-22-41-27-13-7-8-14-30(27)46/h7-9,11-14,17,22-23,26,28,31,33H,6,10,15-16,18-21H2,1-5H3,(H,42,51)(H,43,50)(H,44,49)/t23?,28-,31-,33+,39+/m0/s1. The van der Waals surface area contributed by atoms with Crippen molar-refractivity contribution in [1.82, 2.24) is 30.4 Å². The molecular weight excluding hydrogens is 698 g/mol. The van der Waals surface area contributed by atoms with Gasteiger partial charge in [-0.05, 0) is 48.9 Å². The van der Waals surface area contributed by atoms with Gasteiger partial charge in [-0.15, -0.1) is 0 Å². The summed E-state index contributed by atoms with van der Waals surface area (Å²) < 4.78 is 1.91. The van der Waals surface area contributed by atoms with E-state index >= 15 is 0 Å². The summed E-state index contributed by atoms with van der Waals surface area (Å²) in [5.41, 5.74) is 1.29. The highest BCUT2D eigenvalue weighted by Gasteiger charge is 2.55. The van der Waals surface area contributed by atoms with Gasteiger partial charge in [-0.2, -0.15) is 0 Å². The van der Waals surface area contributed by atoms with E-state index in [2.05, 4.69) is 26.1 Å². The number of halogens is 1. The quantitative estimate of drug-likeness (QED) is 0.221. The Labute approximate surface area is 314 Å². The van der Waals surface area contributed by atoms with Crippen LogP contribution >= 0.6 is 11.6 Å². The van der Waals surface area contributed by atoms with Gasteiger partial charge in [0.1, 0.15) is 12.1 Å². The van der Waals surface area contributed by atoms with E-state index in [1.54, 1.807) is 25.4 Å². The van der Waals surface area contributed by atoms with Crippen LogP contribution in [-0.2, 0) is 35.4 Å². The van der Waals surface area contributed by atoms with E-state index < -0.39 is 58.6 Å². The summed E-state index contributed by atoms with van der Waals surface area (Å²) in [6.07, 6.45) is 4.48. The second kappa shape index (κ2) is 15.3. The molecule has 0 bridgehead atoms. The summed E-state index contributed by atoms with van der Waals surface area (Å²) in [4.78, 5) is 80.7. The van der Waals surface area contributed by atoms with Gasteiger partial charge < -0.3 is 30.3 Å². The number of hydrogen-bond acceptors (Lipinski definition) is 8. The molecule has 3 aromatic rings. The Morgan fingerprint density at radius 3 is 2.51 bits per heavy atom. The minimum Gasteiger partial charge on any atom is -0.387 e. The number of carbonyl (C=O) groups is 5. The summed E-state index contributed by atoms with van der Waals surface area (Å²) >= 11 is 6.27. The molecule has 282 valence electrons. The molecule has 1 saturated carbocycles. The molecule has 13 nitrogen and oxygen atoms in total. The molecule has 1 saturated heterocycles. The first kappa shape index (κ1) is 38.0. The number of carbonyl (C=O) groups excluding carboxylic acids is 5. The molecule has 3 heterocycles. The molecule has 14 heteroatoms. The number of benzene rings is 2. The first-order valence-corrected chi connectivity index (χ1v) is 18.7. The van der Waals surface area contributed by atoms with E-state index in [9.17, 15) is 24.0 Å².